The van der Waals surface area contributed by atoms with Gasteiger partial charge in [0.05, 0.1) is 12.1 Å². The molecular weight excluding hydrogens is 230 g/mol. The molecule has 1 aromatic rings. The van der Waals surface area contributed by atoms with E-state index < -0.39 is 0 Å². The summed E-state index contributed by atoms with van der Waals surface area (Å²) in [7, 11) is 0. The number of nitrogens with two attached hydrogens (primary N) is 1. The highest BCUT2D eigenvalue weighted by Gasteiger charge is 2.15. The van der Waals surface area contributed by atoms with Crippen molar-refractivity contribution in [3.63, 3.8) is 0 Å². The highest BCUT2D eigenvalue weighted by Crippen LogP contribution is 2.16. The maximum absolute atomic E-state index is 11.5. The molecule has 0 aromatic carbocycles. The third-order valence-electron chi connectivity index (χ3n) is 2.80. The lowest BCUT2D eigenvalue weighted by molar-refractivity contribution is 0.0952. The topological polar surface area (TPSA) is 71.5 Å². The van der Waals surface area contributed by atoms with Crippen LogP contribution >= 0.6 is 0 Å². The Morgan fingerprint density at radius 2 is 2.00 bits per heavy atom. The Kier molecular flexibility index (Phi) is 5.88. The molecule has 0 saturated heterocycles. The van der Waals surface area contributed by atoms with E-state index in [1.165, 1.54) is 0 Å². The number of aryl methyl sites for hydroxylation is 1. The minimum absolute atomic E-state index is 0.306. The van der Waals surface area contributed by atoms with E-state index in [0.29, 0.717) is 11.3 Å². The predicted molar refractivity (Wildman–Crippen MR) is 71.0 cm³/mol. The molecule has 0 aliphatic heterocycles. The SMILES string of the molecule is CCCN(CCC)Cc1cc(C(=O)NN)c(C)o1. The summed E-state index contributed by atoms with van der Waals surface area (Å²) in [6.07, 6.45) is 2.21. The highest BCUT2D eigenvalue weighted by molar-refractivity contribution is 5.94. The first-order valence-electron chi connectivity index (χ1n) is 6.44. The average Bonchev–Trinajstić information content (AvgIpc) is 2.70. The summed E-state index contributed by atoms with van der Waals surface area (Å²) in [5.74, 6) is 6.25. The summed E-state index contributed by atoms with van der Waals surface area (Å²) >= 11 is 0. The number of amides is 1. The molecule has 0 radical (unpaired) electrons. The number of rotatable bonds is 7. The largest absolute Gasteiger partial charge is 0.464 e. The molecule has 1 rings (SSSR count). The van der Waals surface area contributed by atoms with Crippen LogP contribution in [-0.4, -0.2) is 23.9 Å². The van der Waals surface area contributed by atoms with E-state index in [1.807, 2.05) is 0 Å². The molecule has 0 bridgehead atoms. The minimum atomic E-state index is -0.306. The van der Waals surface area contributed by atoms with Crippen LogP contribution in [0.1, 0.15) is 48.6 Å². The van der Waals surface area contributed by atoms with Crippen molar-refractivity contribution in [2.75, 3.05) is 13.1 Å². The van der Waals surface area contributed by atoms with Gasteiger partial charge in [0.25, 0.3) is 5.91 Å². The van der Waals surface area contributed by atoms with Gasteiger partial charge in [-0.1, -0.05) is 13.8 Å². The van der Waals surface area contributed by atoms with Gasteiger partial charge in [-0.2, -0.15) is 0 Å². The van der Waals surface area contributed by atoms with E-state index in [9.17, 15) is 4.79 Å². The first-order valence-corrected chi connectivity index (χ1v) is 6.44. The summed E-state index contributed by atoms with van der Waals surface area (Å²) in [6, 6.07) is 1.77. The summed E-state index contributed by atoms with van der Waals surface area (Å²) in [6.45, 7) is 8.89. The average molecular weight is 253 g/mol. The van der Waals surface area contributed by atoms with Gasteiger partial charge in [0.1, 0.15) is 11.5 Å². The van der Waals surface area contributed by atoms with Gasteiger partial charge < -0.3 is 4.42 Å². The van der Waals surface area contributed by atoms with Crippen molar-refractivity contribution < 1.29 is 9.21 Å². The maximum atomic E-state index is 11.5. The van der Waals surface area contributed by atoms with Gasteiger partial charge >= 0.3 is 0 Å². The molecule has 5 nitrogen and oxygen atoms in total. The molecule has 0 unspecified atom stereocenters. The molecule has 3 N–H and O–H groups in total. The second-order valence-corrected chi connectivity index (χ2v) is 4.43. The van der Waals surface area contributed by atoms with Gasteiger partial charge in [-0.25, -0.2) is 5.84 Å². The van der Waals surface area contributed by atoms with Crippen LogP contribution in [0.15, 0.2) is 10.5 Å². The lowest BCUT2D eigenvalue weighted by atomic mass is 10.2. The summed E-state index contributed by atoms with van der Waals surface area (Å²) < 4.78 is 5.60. The molecule has 0 spiro atoms. The molecular formula is C13H23N3O2. The van der Waals surface area contributed by atoms with Crippen molar-refractivity contribution >= 4 is 5.91 Å². The lowest BCUT2D eigenvalue weighted by Crippen LogP contribution is -2.30. The molecule has 0 saturated carbocycles. The second kappa shape index (κ2) is 7.18. The first-order chi connectivity index (χ1) is 8.62. The van der Waals surface area contributed by atoms with E-state index in [4.69, 9.17) is 10.3 Å². The van der Waals surface area contributed by atoms with Gasteiger partial charge in [-0.05, 0) is 38.9 Å². The van der Waals surface area contributed by atoms with E-state index in [-0.39, 0.29) is 5.91 Å². The fraction of sp³-hybridized carbons (Fsp3) is 0.615. The minimum Gasteiger partial charge on any atom is -0.464 e. The van der Waals surface area contributed by atoms with Crippen molar-refractivity contribution in [3.8, 4) is 0 Å². The Labute approximate surface area is 108 Å². The van der Waals surface area contributed by atoms with Crippen LogP contribution in [-0.2, 0) is 6.54 Å². The van der Waals surface area contributed by atoms with Crippen LogP contribution in [0.5, 0.6) is 0 Å². The number of carbonyl (C=O) groups is 1. The van der Waals surface area contributed by atoms with Crippen molar-refractivity contribution in [2.24, 2.45) is 5.84 Å². The van der Waals surface area contributed by atoms with E-state index in [0.717, 1.165) is 38.2 Å². The van der Waals surface area contributed by atoms with E-state index >= 15 is 0 Å². The smallest absolute Gasteiger partial charge is 0.268 e. The third kappa shape index (κ3) is 3.85. The van der Waals surface area contributed by atoms with Crippen molar-refractivity contribution in [1.82, 2.24) is 10.3 Å². The molecule has 1 amide bonds. The summed E-state index contributed by atoms with van der Waals surface area (Å²) in [4.78, 5) is 13.8. The molecule has 0 atom stereocenters. The van der Waals surface area contributed by atoms with Crippen LogP contribution < -0.4 is 11.3 Å². The fourth-order valence-electron chi connectivity index (χ4n) is 2.05. The maximum Gasteiger partial charge on any atom is 0.268 e. The van der Waals surface area contributed by atoms with Crippen LogP contribution in [0.2, 0.25) is 0 Å². The van der Waals surface area contributed by atoms with Crippen molar-refractivity contribution in [3.05, 3.63) is 23.2 Å². The summed E-state index contributed by atoms with van der Waals surface area (Å²) in [5, 5.41) is 0. The molecule has 1 aromatic heterocycles. The fourth-order valence-corrected chi connectivity index (χ4v) is 2.05. The normalized spacial score (nSPS) is 10.9. The number of hydrogen-bond acceptors (Lipinski definition) is 4. The van der Waals surface area contributed by atoms with Crippen molar-refractivity contribution in [1.29, 1.82) is 0 Å². The van der Waals surface area contributed by atoms with Gasteiger partial charge in [0.15, 0.2) is 0 Å². The number of nitrogens with zero attached hydrogens (tertiary/aromatic N) is 1. The molecule has 5 heteroatoms. The zero-order chi connectivity index (χ0) is 13.5. The zero-order valence-electron chi connectivity index (χ0n) is 11.5. The Morgan fingerprint density at radius 3 is 2.50 bits per heavy atom. The lowest BCUT2D eigenvalue weighted by Gasteiger charge is -2.19. The van der Waals surface area contributed by atoms with Gasteiger partial charge in [0.2, 0.25) is 0 Å². The van der Waals surface area contributed by atoms with Gasteiger partial charge in [0, 0.05) is 0 Å². The predicted octanol–water partition coefficient (Wildman–Crippen LogP) is 1.81. The molecule has 102 valence electrons. The van der Waals surface area contributed by atoms with Crippen LogP contribution in [0.25, 0.3) is 0 Å². The second-order valence-electron chi connectivity index (χ2n) is 4.43. The van der Waals surface area contributed by atoms with Gasteiger partial charge in [-0.3, -0.25) is 15.1 Å². The zero-order valence-corrected chi connectivity index (χ0v) is 11.5. The molecule has 0 fully saturated rings. The monoisotopic (exact) mass is 253 g/mol. The number of nitrogens with one attached hydrogen (secondary N) is 1. The number of nitrogen functional groups attached to an aromatic ring is 1. The first kappa shape index (κ1) is 14.7. The molecule has 0 aliphatic carbocycles. The van der Waals surface area contributed by atoms with E-state index in [2.05, 4.69) is 24.2 Å². The van der Waals surface area contributed by atoms with Crippen LogP contribution in [0.4, 0.5) is 0 Å². The highest BCUT2D eigenvalue weighted by atomic mass is 16.3. The Hall–Kier alpha value is -1.33. The number of hydrogen-bond donors (Lipinski definition) is 2. The molecule has 0 aliphatic rings. The third-order valence-corrected chi connectivity index (χ3v) is 2.80. The molecule has 18 heavy (non-hydrogen) atoms. The number of furan rings is 1. The van der Waals surface area contributed by atoms with E-state index in [1.54, 1.807) is 13.0 Å². The molecule has 1 heterocycles. The quantitative estimate of drug-likeness (QED) is 0.441. The standard InChI is InChI=1S/C13H23N3O2/c1-4-6-16(7-5-2)9-11-8-12(10(3)18-11)13(17)15-14/h8H,4-7,9,14H2,1-3H3,(H,15,17). The van der Waals surface area contributed by atoms with Gasteiger partial charge in [-0.15, -0.1) is 0 Å². The van der Waals surface area contributed by atoms with Crippen LogP contribution in [0, 0.1) is 6.92 Å². The van der Waals surface area contributed by atoms with Crippen molar-refractivity contribution in [2.45, 2.75) is 40.2 Å². The number of hydrazine groups is 1. The Balaban J connectivity index is 2.74. The number of carbonyl (C=O) groups excluding carboxylic acids is 1. The Bertz CT molecular complexity index is 382. The Morgan fingerprint density at radius 1 is 1.39 bits per heavy atom. The summed E-state index contributed by atoms with van der Waals surface area (Å²) in [5.41, 5.74) is 2.64. The van der Waals surface area contributed by atoms with Crippen LogP contribution in [0.3, 0.4) is 0 Å².